The molecule has 1 N–H and O–H groups in total. The molecule has 0 aliphatic carbocycles. The van der Waals surface area contributed by atoms with Gasteiger partial charge in [0.2, 0.25) is 0 Å². The molecule has 1 atom stereocenters. The molecule has 2 aromatic carbocycles. The molecule has 0 spiro atoms. The molecule has 0 bridgehead atoms. The first kappa shape index (κ1) is 37.0. The maximum atomic E-state index is 12.3. The first-order chi connectivity index (χ1) is 21.5. The number of ether oxygens (including phenoxy) is 5. The van der Waals surface area contributed by atoms with E-state index in [0.29, 0.717) is 52.7 Å². The molecule has 2 aromatic rings. The number of methoxy groups -OCH3 is 1. The van der Waals surface area contributed by atoms with Crippen LogP contribution in [0.3, 0.4) is 0 Å². The van der Waals surface area contributed by atoms with Gasteiger partial charge >= 0.3 is 5.97 Å². The van der Waals surface area contributed by atoms with E-state index in [0.717, 1.165) is 31.2 Å². The zero-order valence-electron chi connectivity index (χ0n) is 26.3. The van der Waals surface area contributed by atoms with Crippen molar-refractivity contribution >= 4 is 17.7 Å². The van der Waals surface area contributed by atoms with Crippen molar-refractivity contribution in [3.05, 3.63) is 71.3 Å². The van der Waals surface area contributed by atoms with Gasteiger partial charge in [-0.3, -0.25) is 9.59 Å². The molecule has 0 radical (unpaired) electrons. The Balaban J connectivity index is 1.45. The van der Waals surface area contributed by atoms with E-state index < -0.39 is 17.8 Å². The summed E-state index contributed by atoms with van der Waals surface area (Å²) in [7, 11) is 1.62. The average molecular weight is 616 g/mol. The number of aryl methyl sites for hydroxylation is 2. The van der Waals surface area contributed by atoms with Gasteiger partial charge in [0.1, 0.15) is 6.61 Å². The number of carbonyl (C=O) groups is 3. The zero-order chi connectivity index (χ0) is 31.7. The van der Waals surface area contributed by atoms with Crippen LogP contribution in [0.5, 0.6) is 0 Å². The molecule has 0 saturated carbocycles. The molecule has 244 valence electrons. The Labute approximate surface area is 261 Å². The van der Waals surface area contributed by atoms with Crippen LogP contribution in [0.1, 0.15) is 49.3 Å². The predicted molar refractivity (Wildman–Crippen MR) is 166 cm³/mol. The van der Waals surface area contributed by atoms with E-state index in [1.807, 2.05) is 30.3 Å². The van der Waals surface area contributed by atoms with Crippen molar-refractivity contribution in [3.63, 3.8) is 0 Å². The molecule has 0 aliphatic rings. The van der Waals surface area contributed by atoms with Crippen LogP contribution in [0, 0.1) is 5.92 Å². The van der Waals surface area contributed by atoms with E-state index in [9.17, 15) is 14.4 Å². The van der Waals surface area contributed by atoms with Gasteiger partial charge in [-0.2, -0.15) is 5.48 Å². The average Bonchev–Trinajstić information content (AvgIpc) is 3.04. The van der Waals surface area contributed by atoms with Gasteiger partial charge in [0, 0.05) is 13.5 Å². The summed E-state index contributed by atoms with van der Waals surface area (Å²) in [5.41, 5.74) is 5.64. The molecule has 10 nitrogen and oxygen atoms in total. The Bertz CT molecular complexity index is 1050. The summed E-state index contributed by atoms with van der Waals surface area (Å²) in [6, 6.07) is 18.4. The second kappa shape index (κ2) is 24.2. The molecule has 0 saturated heterocycles. The number of unbranched alkanes of at least 4 members (excludes halogenated alkanes) is 1. The minimum absolute atomic E-state index is 0.0519. The van der Waals surface area contributed by atoms with Crippen molar-refractivity contribution in [1.29, 1.82) is 0 Å². The van der Waals surface area contributed by atoms with E-state index in [1.165, 1.54) is 11.1 Å². The third-order valence-electron chi connectivity index (χ3n) is 6.75. The predicted octanol–water partition coefficient (Wildman–Crippen LogP) is 4.07. The molecular weight excluding hydrogens is 566 g/mol. The lowest BCUT2D eigenvalue weighted by Gasteiger charge is -2.11. The number of hydrogen-bond donors (Lipinski definition) is 1. The van der Waals surface area contributed by atoms with Gasteiger partial charge in [-0.15, -0.1) is 0 Å². The number of benzene rings is 2. The van der Waals surface area contributed by atoms with Gasteiger partial charge in [-0.1, -0.05) is 61.5 Å². The monoisotopic (exact) mass is 615 g/mol. The van der Waals surface area contributed by atoms with Gasteiger partial charge < -0.3 is 28.5 Å². The molecule has 0 aromatic heterocycles. The van der Waals surface area contributed by atoms with E-state index >= 15 is 0 Å². The number of carbonyl (C=O) groups excluding carboxylic acids is 3. The van der Waals surface area contributed by atoms with Crippen LogP contribution in [-0.4, -0.2) is 84.2 Å². The Kier molecular flexibility index (Phi) is 20.4. The summed E-state index contributed by atoms with van der Waals surface area (Å²) in [5.74, 6) is -1.67. The van der Waals surface area contributed by atoms with E-state index in [4.69, 9.17) is 28.5 Å². The van der Waals surface area contributed by atoms with Crippen LogP contribution >= 0.6 is 0 Å². The van der Waals surface area contributed by atoms with Crippen molar-refractivity contribution < 1.29 is 42.9 Å². The Hall–Kier alpha value is -3.15. The molecule has 2 rings (SSSR count). The molecule has 44 heavy (non-hydrogen) atoms. The maximum absolute atomic E-state index is 12.3. The van der Waals surface area contributed by atoms with E-state index in [-0.39, 0.29) is 31.8 Å². The van der Waals surface area contributed by atoms with Crippen molar-refractivity contribution in [2.75, 3.05) is 66.6 Å². The zero-order valence-corrected chi connectivity index (χ0v) is 26.3. The van der Waals surface area contributed by atoms with Gasteiger partial charge in [-0.25, -0.2) is 4.79 Å². The number of nitrogens with one attached hydrogen (secondary N) is 1. The standard InChI is InChI=1S/C34H49NO9/c1-28(12-17-32(36)27-43-25-24-42-23-22-41-21-20-40-19-18-39-2)34(38)44-35-33(37)26-31-15-13-30(14-16-31)11-7-6-10-29-8-4-3-5-9-29/h3-5,8-9,13-16,28H,6-7,10-12,17-27H2,1-2H3,(H,35,37)/t28-/m0/s1. The minimum Gasteiger partial charge on any atom is -0.382 e. The lowest BCUT2D eigenvalue weighted by atomic mass is 10.0. The quantitative estimate of drug-likeness (QED) is 0.130. The second-order valence-corrected chi connectivity index (χ2v) is 10.5. The highest BCUT2D eigenvalue weighted by atomic mass is 16.7. The molecule has 0 heterocycles. The third kappa shape index (κ3) is 18.5. The fourth-order valence-corrected chi connectivity index (χ4v) is 4.11. The van der Waals surface area contributed by atoms with Crippen molar-refractivity contribution in [2.45, 2.75) is 51.9 Å². The fraction of sp³-hybridized carbons (Fsp3) is 0.559. The summed E-state index contributed by atoms with van der Waals surface area (Å²) in [5, 5.41) is 0. The Morgan fingerprint density at radius 2 is 1.20 bits per heavy atom. The van der Waals surface area contributed by atoms with Gasteiger partial charge in [-0.05, 0) is 48.8 Å². The third-order valence-corrected chi connectivity index (χ3v) is 6.75. The van der Waals surface area contributed by atoms with Gasteiger partial charge in [0.05, 0.1) is 65.2 Å². The first-order valence-corrected chi connectivity index (χ1v) is 15.4. The maximum Gasteiger partial charge on any atom is 0.335 e. The number of hydrogen-bond acceptors (Lipinski definition) is 9. The highest BCUT2D eigenvalue weighted by Crippen LogP contribution is 2.12. The fourth-order valence-electron chi connectivity index (χ4n) is 4.11. The van der Waals surface area contributed by atoms with Crippen LogP contribution in [0.15, 0.2) is 54.6 Å². The first-order valence-electron chi connectivity index (χ1n) is 15.4. The molecule has 0 aliphatic heterocycles. The summed E-state index contributed by atoms with van der Waals surface area (Å²) in [6.45, 7) is 5.21. The molecule has 0 fully saturated rings. The van der Waals surface area contributed by atoms with Crippen LogP contribution < -0.4 is 5.48 Å². The molecular formula is C34H49NO9. The normalized spacial score (nSPS) is 11.7. The van der Waals surface area contributed by atoms with Crippen LogP contribution in [0.25, 0.3) is 0 Å². The number of rotatable bonds is 25. The van der Waals surface area contributed by atoms with Gasteiger partial charge in [0.25, 0.3) is 5.91 Å². The van der Waals surface area contributed by atoms with E-state index in [2.05, 4.69) is 29.7 Å². The van der Waals surface area contributed by atoms with Crippen molar-refractivity contribution in [3.8, 4) is 0 Å². The molecule has 0 unspecified atom stereocenters. The summed E-state index contributed by atoms with van der Waals surface area (Å²) in [4.78, 5) is 41.5. The SMILES string of the molecule is COCCOCCOCCOCCOCC(=O)CC[C@H](C)C(=O)ONC(=O)Cc1ccc(CCCCc2ccccc2)cc1. The lowest BCUT2D eigenvalue weighted by molar-refractivity contribution is -0.161. The topological polar surface area (TPSA) is 119 Å². The summed E-state index contributed by atoms with van der Waals surface area (Å²) in [6.07, 6.45) is 4.86. The lowest BCUT2D eigenvalue weighted by Crippen LogP contribution is -2.31. The van der Waals surface area contributed by atoms with Crippen molar-refractivity contribution in [1.82, 2.24) is 5.48 Å². The second-order valence-electron chi connectivity index (χ2n) is 10.5. The van der Waals surface area contributed by atoms with Crippen LogP contribution in [0.2, 0.25) is 0 Å². The largest absolute Gasteiger partial charge is 0.382 e. The summed E-state index contributed by atoms with van der Waals surface area (Å²) < 4.78 is 26.3. The highest BCUT2D eigenvalue weighted by Gasteiger charge is 2.18. The Morgan fingerprint density at radius 3 is 1.80 bits per heavy atom. The molecule has 10 heteroatoms. The van der Waals surface area contributed by atoms with E-state index in [1.54, 1.807) is 14.0 Å². The number of hydroxylamine groups is 1. The van der Waals surface area contributed by atoms with Crippen LogP contribution in [0.4, 0.5) is 0 Å². The number of amides is 1. The smallest absolute Gasteiger partial charge is 0.335 e. The number of ketones is 1. The van der Waals surface area contributed by atoms with Gasteiger partial charge in [0.15, 0.2) is 5.78 Å². The summed E-state index contributed by atoms with van der Waals surface area (Å²) >= 11 is 0. The molecule has 1 amide bonds. The highest BCUT2D eigenvalue weighted by molar-refractivity contribution is 5.82. The van der Waals surface area contributed by atoms with Crippen molar-refractivity contribution in [2.24, 2.45) is 5.92 Å². The Morgan fingerprint density at radius 1 is 0.682 bits per heavy atom. The minimum atomic E-state index is -0.588. The number of Topliss-reactive ketones (excluding diaryl/α,β-unsaturated/α-hetero) is 1. The van der Waals surface area contributed by atoms with Crippen LogP contribution in [-0.2, 0) is 62.2 Å².